The highest BCUT2D eigenvalue weighted by Crippen LogP contribution is 2.29. The van der Waals surface area contributed by atoms with E-state index < -0.39 is 5.54 Å². The van der Waals surface area contributed by atoms with Crippen LogP contribution >= 0.6 is 0 Å². The van der Waals surface area contributed by atoms with Gasteiger partial charge in [0.2, 0.25) is 0 Å². The predicted octanol–water partition coefficient (Wildman–Crippen LogP) is 2.47. The Bertz CT molecular complexity index is 522. The molecule has 114 valence electrons. The van der Waals surface area contributed by atoms with E-state index in [2.05, 4.69) is 10.6 Å². The van der Waals surface area contributed by atoms with Gasteiger partial charge >= 0.3 is 0 Å². The third kappa shape index (κ3) is 3.05. The van der Waals surface area contributed by atoms with Crippen LogP contribution in [0.25, 0.3) is 0 Å². The summed E-state index contributed by atoms with van der Waals surface area (Å²) in [7, 11) is 0. The van der Waals surface area contributed by atoms with Crippen molar-refractivity contribution in [3.8, 4) is 0 Å². The standard InChI is InChI=1S/C17H24N2O2/c20-12-17(8-2-1-3-9-17)19-16(21)14-6-7-15-13(11-14)5-4-10-18-15/h6-7,11,18,20H,1-5,8-10,12H2,(H,19,21). The van der Waals surface area contributed by atoms with Gasteiger partial charge in [-0.1, -0.05) is 19.3 Å². The lowest BCUT2D eigenvalue weighted by Gasteiger charge is -2.36. The molecule has 1 aliphatic carbocycles. The molecule has 4 nitrogen and oxygen atoms in total. The highest BCUT2D eigenvalue weighted by Gasteiger charge is 2.33. The Kier molecular flexibility index (Phi) is 4.15. The van der Waals surface area contributed by atoms with Crippen LogP contribution in [-0.4, -0.2) is 29.7 Å². The van der Waals surface area contributed by atoms with Gasteiger partial charge in [-0.2, -0.15) is 0 Å². The summed E-state index contributed by atoms with van der Waals surface area (Å²) in [4.78, 5) is 12.5. The number of rotatable bonds is 3. The fourth-order valence-electron chi connectivity index (χ4n) is 3.48. The largest absolute Gasteiger partial charge is 0.394 e. The van der Waals surface area contributed by atoms with Crippen LogP contribution in [0.15, 0.2) is 18.2 Å². The number of anilines is 1. The van der Waals surface area contributed by atoms with Gasteiger partial charge in [-0.05, 0) is 49.4 Å². The second kappa shape index (κ2) is 6.06. The van der Waals surface area contributed by atoms with Crippen molar-refractivity contribution in [2.24, 2.45) is 0 Å². The Labute approximate surface area is 125 Å². The molecule has 4 heteroatoms. The number of aliphatic hydroxyl groups is 1. The molecule has 3 rings (SSSR count). The van der Waals surface area contributed by atoms with Crippen LogP contribution in [0.5, 0.6) is 0 Å². The van der Waals surface area contributed by atoms with Gasteiger partial charge in [0.05, 0.1) is 12.1 Å². The molecule has 0 aromatic heterocycles. The second-order valence-electron chi connectivity index (χ2n) is 6.36. The Balaban J connectivity index is 1.75. The molecule has 1 aromatic carbocycles. The molecule has 1 saturated carbocycles. The Morgan fingerprint density at radius 2 is 2.05 bits per heavy atom. The number of hydrogen-bond acceptors (Lipinski definition) is 3. The SMILES string of the molecule is O=C(NC1(CO)CCCCC1)c1ccc2c(c1)CCCN2. The molecule has 2 aliphatic rings. The fraction of sp³-hybridized carbons (Fsp3) is 0.588. The van der Waals surface area contributed by atoms with Gasteiger partial charge in [0.15, 0.2) is 0 Å². The Hall–Kier alpha value is -1.55. The van der Waals surface area contributed by atoms with Gasteiger partial charge in [0.25, 0.3) is 5.91 Å². The molecule has 21 heavy (non-hydrogen) atoms. The molecule has 0 radical (unpaired) electrons. The summed E-state index contributed by atoms with van der Waals surface area (Å²) in [6, 6.07) is 5.86. The molecule has 1 amide bonds. The summed E-state index contributed by atoms with van der Waals surface area (Å²) >= 11 is 0. The molecule has 1 heterocycles. The zero-order valence-corrected chi connectivity index (χ0v) is 12.5. The molecule has 0 bridgehead atoms. The summed E-state index contributed by atoms with van der Waals surface area (Å²) in [6.07, 6.45) is 7.24. The van der Waals surface area contributed by atoms with E-state index in [1.54, 1.807) is 0 Å². The van der Waals surface area contributed by atoms with Crippen LogP contribution in [0.1, 0.15) is 54.4 Å². The number of fused-ring (bicyclic) bond motifs is 1. The van der Waals surface area contributed by atoms with Crippen LogP contribution in [0.2, 0.25) is 0 Å². The summed E-state index contributed by atoms with van der Waals surface area (Å²) in [5.74, 6) is -0.0562. The fourth-order valence-corrected chi connectivity index (χ4v) is 3.48. The van der Waals surface area contributed by atoms with Crippen LogP contribution in [0.3, 0.4) is 0 Å². The maximum Gasteiger partial charge on any atom is 0.251 e. The van der Waals surface area contributed by atoms with Gasteiger partial charge in [0, 0.05) is 17.8 Å². The lowest BCUT2D eigenvalue weighted by atomic mass is 9.82. The average molecular weight is 288 g/mol. The predicted molar refractivity (Wildman–Crippen MR) is 83.6 cm³/mol. The first-order valence-corrected chi connectivity index (χ1v) is 8.03. The van der Waals surface area contributed by atoms with E-state index in [0.29, 0.717) is 5.56 Å². The van der Waals surface area contributed by atoms with E-state index in [1.807, 2.05) is 18.2 Å². The summed E-state index contributed by atoms with van der Waals surface area (Å²) in [6.45, 7) is 1.04. The summed E-state index contributed by atoms with van der Waals surface area (Å²) in [5.41, 5.74) is 2.66. The van der Waals surface area contributed by atoms with Crippen molar-refractivity contribution >= 4 is 11.6 Å². The number of carbonyl (C=O) groups is 1. The summed E-state index contributed by atoms with van der Waals surface area (Å²) in [5, 5.41) is 16.2. The van der Waals surface area contributed by atoms with Gasteiger partial charge in [-0.25, -0.2) is 0 Å². The van der Waals surface area contributed by atoms with Crippen molar-refractivity contribution in [1.29, 1.82) is 0 Å². The van der Waals surface area contributed by atoms with Crippen LogP contribution < -0.4 is 10.6 Å². The maximum atomic E-state index is 12.5. The van der Waals surface area contributed by atoms with Gasteiger partial charge < -0.3 is 15.7 Å². The topological polar surface area (TPSA) is 61.4 Å². The molecule has 1 aliphatic heterocycles. The molecule has 0 atom stereocenters. The number of carbonyl (C=O) groups excluding carboxylic acids is 1. The third-order valence-electron chi connectivity index (χ3n) is 4.80. The van der Waals surface area contributed by atoms with E-state index in [1.165, 1.54) is 12.0 Å². The molecule has 0 spiro atoms. The van der Waals surface area contributed by atoms with Crippen molar-refractivity contribution in [3.05, 3.63) is 29.3 Å². The van der Waals surface area contributed by atoms with Gasteiger partial charge in [0.1, 0.15) is 0 Å². The van der Waals surface area contributed by atoms with Crippen LogP contribution in [0, 0.1) is 0 Å². The molecular formula is C17H24N2O2. The van der Waals surface area contributed by atoms with Crippen molar-refractivity contribution < 1.29 is 9.90 Å². The number of aliphatic hydroxyl groups excluding tert-OH is 1. The highest BCUT2D eigenvalue weighted by molar-refractivity contribution is 5.95. The maximum absolute atomic E-state index is 12.5. The molecule has 1 aromatic rings. The van der Waals surface area contributed by atoms with E-state index in [0.717, 1.165) is 50.8 Å². The zero-order valence-electron chi connectivity index (χ0n) is 12.5. The first-order valence-electron chi connectivity index (χ1n) is 8.03. The van der Waals surface area contributed by atoms with Crippen LogP contribution in [-0.2, 0) is 6.42 Å². The monoisotopic (exact) mass is 288 g/mol. The third-order valence-corrected chi connectivity index (χ3v) is 4.80. The van der Waals surface area contributed by atoms with Crippen molar-refractivity contribution in [2.75, 3.05) is 18.5 Å². The normalized spacial score (nSPS) is 20.2. The number of benzene rings is 1. The first-order chi connectivity index (χ1) is 10.2. The lowest BCUT2D eigenvalue weighted by Crippen LogP contribution is -2.52. The lowest BCUT2D eigenvalue weighted by molar-refractivity contribution is 0.0758. The Morgan fingerprint density at radius 3 is 2.81 bits per heavy atom. The van der Waals surface area contributed by atoms with Crippen LogP contribution in [0.4, 0.5) is 5.69 Å². The van der Waals surface area contributed by atoms with Crippen molar-refractivity contribution in [2.45, 2.75) is 50.5 Å². The number of amides is 1. The number of aryl methyl sites for hydroxylation is 1. The smallest absolute Gasteiger partial charge is 0.251 e. The molecule has 0 unspecified atom stereocenters. The molecule has 0 saturated heterocycles. The average Bonchev–Trinajstić information content (AvgIpc) is 2.55. The summed E-state index contributed by atoms with van der Waals surface area (Å²) < 4.78 is 0. The number of nitrogens with one attached hydrogen (secondary N) is 2. The van der Waals surface area contributed by atoms with E-state index >= 15 is 0 Å². The minimum absolute atomic E-state index is 0.0330. The first kappa shape index (κ1) is 14.4. The minimum atomic E-state index is -0.413. The van der Waals surface area contributed by atoms with Gasteiger partial charge in [-0.3, -0.25) is 4.79 Å². The van der Waals surface area contributed by atoms with E-state index in [4.69, 9.17) is 0 Å². The van der Waals surface area contributed by atoms with E-state index in [9.17, 15) is 9.90 Å². The second-order valence-corrected chi connectivity index (χ2v) is 6.36. The minimum Gasteiger partial charge on any atom is -0.394 e. The molecule has 3 N–H and O–H groups in total. The van der Waals surface area contributed by atoms with Gasteiger partial charge in [-0.15, -0.1) is 0 Å². The zero-order chi connectivity index (χ0) is 14.7. The highest BCUT2D eigenvalue weighted by atomic mass is 16.3. The van der Waals surface area contributed by atoms with E-state index in [-0.39, 0.29) is 12.5 Å². The Morgan fingerprint density at radius 1 is 1.24 bits per heavy atom. The van der Waals surface area contributed by atoms with Crippen molar-refractivity contribution in [3.63, 3.8) is 0 Å². The molecule has 1 fully saturated rings. The molecular weight excluding hydrogens is 264 g/mol. The quantitative estimate of drug-likeness (QED) is 0.800. The number of hydrogen-bond donors (Lipinski definition) is 3. The van der Waals surface area contributed by atoms with Crippen molar-refractivity contribution in [1.82, 2.24) is 5.32 Å².